The van der Waals surface area contributed by atoms with Crippen LogP contribution >= 0.6 is 11.3 Å². The van der Waals surface area contributed by atoms with Gasteiger partial charge in [0.15, 0.2) is 5.13 Å². The fourth-order valence-corrected chi connectivity index (χ4v) is 4.06. The third-order valence-electron chi connectivity index (χ3n) is 4.63. The highest BCUT2D eigenvalue weighted by Crippen LogP contribution is 2.28. The molecule has 0 saturated carbocycles. The molecule has 0 unspecified atom stereocenters. The summed E-state index contributed by atoms with van der Waals surface area (Å²) in [6.07, 6.45) is 0. The average molecular weight is 427 g/mol. The molecular weight excluding hydrogens is 400 g/mol. The van der Waals surface area contributed by atoms with Gasteiger partial charge >= 0.3 is 6.03 Å². The van der Waals surface area contributed by atoms with Crippen molar-refractivity contribution in [3.8, 4) is 0 Å². The van der Waals surface area contributed by atoms with Gasteiger partial charge in [0.25, 0.3) is 5.91 Å². The van der Waals surface area contributed by atoms with Gasteiger partial charge in [-0.1, -0.05) is 29.0 Å². The molecule has 1 heterocycles. The van der Waals surface area contributed by atoms with Crippen LogP contribution in [0.3, 0.4) is 0 Å². The van der Waals surface area contributed by atoms with Gasteiger partial charge in [0.05, 0.1) is 22.4 Å². The number of carbonyl (C=O) groups is 2. The molecule has 0 saturated heterocycles. The summed E-state index contributed by atoms with van der Waals surface area (Å²) in [6, 6.07) is 8.87. The second-order valence-corrected chi connectivity index (χ2v) is 9.08. The van der Waals surface area contributed by atoms with Crippen LogP contribution in [-0.4, -0.2) is 34.2 Å². The molecule has 30 heavy (non-hydrogen) atoms. The summed E-state index contributed by atoms with van der Waals surface area (Å²) in [5.41, 5.74) is 4.48. The molecule has 0 aliphatic heterocycles. The molecule has 0 aliphatic carbocycles. The Hall–Kier alpha value is -2.97. The number of amides is 3. The van der Waals surface area contributed by atoms with E-state index >= 15 is 0 Å². The van der Waals surface area contributed by atoms with E-state index in [9.17, 15) is 14.7 Å². The van der Waals surface area contributed by atoms with E-state index in [4.69, 9.17) is 0 Å². The minimum atomic E-state index is -0.738. The number of anilines is 2. The molecule has 3 amide bonds. The lowest BCUT2D eigenvalue weighted by atomic mass is 10.0. The number of fused-ring (bicyclic) bond motifs is 1. The Morgan fingerprint density at radius 2 is 1.73 bits per heavy atom. The number of aliphatic hydroxyl groups is 1. The first kappa shape index (κ1) is 21.7. The summed E-state index contributed by atoms with van der Waals surface area (Å²) in [5, 5.41) is 18.0. The zero-order chi connectivity index (χ0) is 22.1. The van der Waals surface area contributed by atoms with Gasteiger partial charge in [-0.15, -0.1) is 0 Å². The summed E-state index contributed by atoms with van der Waals surface area (Å²) in [7, 11) is 0. The molecule has 0 spiro atoms. The van der Waals surface area contributed by atoms with Crippen molar-refractivity contribution in [3.05, 3.63) is 52.6 Å². The number of thiazole rings is 1. The highest BCUT2D eigenvalue weighted by atomic mass is 32.1. The van der Waals surface area contributed by atoms with Crippen LogP contribution in [0.1, 0.15) is 40.9 Å². The largest absolute Gasteiger partial charge is 0.394 e. The van der Waals surface area contributed by atoms with Crippen LogP contribution < -0.4 is 16.0 Å². The minimum absolute atomic E-state index is 0.182. The summed E-state index contributed by atoms with van der Waals surface area (Å²) >= 11 is 1.28. The Morgan fingerprint density at radius 1 is 1.07 bits per heavy atom. The molecule has 7 nitrogen and oxygen atoms in total. The summed E-state index contributed by atoms with van der Waals surface area (Å²) in [5.74, 6) is -0.197. The third kappa shape index (κ3) is 4.95. The predicted molar refractivity (Wildman–Crippen MR) is 122 cm³/mol. The maximum Gasteiger partial charge on any atom is 0.321 e. The van der Waals surface area contributed by atoms with Gasteiger partial charge in [0, 0.05) is 11.3 Å². The topological polar surface area (TPSA) is 103 Å². The van der Waals surface area contributed by atoms with Crippen LogP contribution in [0.5, 0.6) is 0 Å². The lowest BCUT2D eigenvalue weighted by Crippen LogP contribution is -2.48. The minimum Gasteiger partial charge on any atom is -0.394 e. The van der Waals surface area contributed by atoms with E-state index in [0.717, 1.165) is 27.1 Å². The van der Waals surface area contributed by atoms with Gasteiger partial charge in [-0.05, 0) is 63.9 Å². The monoisotopic (exact) mass is 426 g/mol. The number of aliphatic hydroxyl groups excluding tert-OH is 1. The van der Waals surface area contributed by atoms with E-state index in [1.165, 1.54) is 11.3 Å². The fraction of sp³-hybridized carbons (Fsp3) is 0.318. The van der Waals surface area contributed by atoms with E-state index in [1.807, 2.05) is 32.9 Å². The lowest BCUT2D eigenvalue weighted by Gasteiger charge is -2.22. The number of rotatable bonds is 5. The van der Waals surface area contributed by atoms with Crippen molar-refractivity contribution >= 4 is 44.3 Å². The third-order valence-corrected chi connectivity index (χ3v) is 5.57. The second-order valence-electron chi connectivity index (χ2n) is 8.05. The molecule has 3 rings (SSSR count). The maximum absolute atomic E-state index is 12.8. The molecule has 0 radical (unpaired) electrons. The highest BCUT2D eigenvalue weighted by Gasteiger charge is 2.20. The van der Waals surface area contributed by atoms with E-state index in [-0.39, 0.29) is 12.5 Å². The smallest absolute Gasteiger partial charge is 0.321 e. The zero-order valence-electron chi connectivity index (χ0n) is 17.7. The zero-order valence-corrected chi connectivity index (χ0v) is 18.5. The van der Waals surface area contributed by atoms with Gasteiger partial charge in [0.2, 0.25) is 0 Å². The van der Waals surface area contributed by atoms with E-state index < -0.39 is 11.6 Å². The molecule has 158 valence electrons. The Morgan fingerprint density at radius 3 is 2.37 bits per heavy atom. The first-order valence-electron chi connectivity index (χ1n) is 9.58. The van der Waals surface area contributed by atoms with Gasteiger partial charge < -0.3 is 15.7 Å². The number of urea groups is 1. The highest BCUT2D eigenvalue weighted by molar-refractivity contribution is 7.22. The number of aromatic nitrogens is 1. The summed E-state index contributed by atoms with van der Waals surface area (Å²) < 4.78 is 0.789. The Balaban J connectivity index is 1.77. The lowest BCUT2D eigenvalue weighted by molar-refractivity contribution is 0.102. The number of hydrogen-bond acceptors (Lipinski definition) is 5. The van der Waals surface area contributed by atoms with Crippen molar-refractivity contribution in [1.29, 1.82) is 0 Å². The van der Waals surface area contributed by atoms with Crippen LogP contribution in [0.15, 0.2) is 30.3 Å². The first-order valence-corrected chi connectivity index (χ1v) is 10.4. The van der Waals surface area contributed by atoms with Crippen LogP contribution in [-0.2, 0) is 0 Å². The van der Waals surface area contributed by atoms with Crippen molar-refractivity contribution in [2.24, 2.45) is 0 Å². The SMILES string of the molecule is Cc1cc(C)c(NC(=O)c2ccc3nc(NC(=O)NC(C)(C)CO)sc3c2)c(C)c1. The molecule has 0 bridgehead atoms. The van der Waals surface area contributed by atoms with Gasteiger partial charge in [-0.2, -0.15) is 0 Å². The van der Waals surface area contributed by atoms with Crippen molar-refractivity contribution in [3.63, 3.8) is 0 Å². The van der Waals surface area contributed by atoms with Crippen LogP contribution in [0.4, 0.5) is 15.6 Å². The van der Waals surface area contributed by atoms with Crippen molar-refractivity contribution in [2.75, 3.05) is 17.2 Å². The van der Waals surface area contributed by atoms with Crippen molar-refractivity contribution < 1.29 is 14.7 Å². The molecule has 4 N–H and O–H groups in total. The molecule has 8 heteroatoms. The Kier molecular flexibility index (Phi) is 6.09. The molecule has 2 aromatic carbocycles. The number of aryl methyl sites for hydroxylation is 3. The van der Waals surface area contributed by atoms with E-state index in [0.29, 0.717) is 16.2 Å². The fourth-order valence-electron chi connectivity index (χ4n) is 3.16. The van der Waals surface area contributed by atoms with Crippen molar-refractivity contribution in [2.45, 2.75) is 40.2 Å². The molecular formula is C22H26N4O3S. The normalized spacial score (nSPS) is 11.4. The van der Waals surface area contributed by atoms with Crippen LogP contribution in [0, 0.1) is 20.8 Å². The number of benzene rings is 2. The van der Waals surface area contributed by atoms with Crippen LogP contribution in [0.25, 0.3) is 10.2 Å². The maximum atomic E-state index is 12.8. The molecule has 3 aromatic rings. The summed E-state index contributed by atoms with van der Waals surface area (Å²) in [4.78, 5) is 29.3. The van der Waals surface area contributed by atoms with Crippen molar-refractivity contribution in [1.82, 2.24) is 10.3 Å². The van der Waals surface area contributed by atoms with Crippen LogP contribution in [0.2, 0.25) is 0 Å². The molecule has 1 aromatic heterocycles. The van der Waals surface area contributed by atoms with Gasteiger partial charge in [0.1, 0.15) is 0 Å². The van der Waals surface area contributed by atoms with E-state index in [1.54, 1.807) is 32.0 Å². The number of hydrogen-bond donors (Lipinski definition) is 4. The number of nitrogens with zero attached hydrogens (tertiary/aromatic N) is 1. The average Bonchev–Trinajstić information content (AvgIpc) is 3.05. The predicted octanol–water partition coefficient (Wildman–Crippen LogP) is 4.37. The molecule has 0 aliphatic rings. The molecule has 0 fully saturated rings. The van der Waals surface area contributed by atoms with E-state index in [2.05, 4.69) is 20.9 Å². The van der Waals surface area contributed by atoms with Gasteiger partial charge in [-0.25, -0.2) is 9.78 Å². The number of carbonyl (C=O) groups excluding carboxylic acids is 2. The standard InChI is InChI=1S/C22H26N4O3S/c1-12-8-13(2)18(14(3)9-12)24-19(28)15-6-7-16-17(10-15)30-21(23-16)25-20(29)26-22(4,5)11-27/h6-10,27H,11H2,1-5H3,(H,24,28)(H2,23,25,26,29). The summed E-state index contributed by atoms with van der Waals surface area (Å²) in [6.45, 7) is 9.23. The Bertz CT molecular complexity index is 1100. The second kappa shape index (κ2) is 8.41. The first-order chi connectivity index (χ1) is 14.1. The molecule has 0 atom stereocenters. The quantitative estimate of drug-likeness (QED) is 0.486. The number of nitrogens with one attached hydrogen (secondary N) is 3. The van der Waals surface area contributed by atoms with Gasteiger partial charge in [-0.3, -0.25) is 10.1 Å². The Labute approximate surface area is 179 Å².